The third-order valence-electron chi connectivity index (χ3n) is 2.01. The van der Waals surface area contributed by atoms with Gasteiger partial charge in [0.05, 0.1) is 19.3 Å². The summed E-state index contributed by atoms with van der Waals surface area (Å²) in [6, 6.07) is -1.73. The fourth-order valence-corrected chi connectivity index (χ4v) is 1.18. The molecule has 0 fully saturated rings. The Kier molecular flexibility index (Phi) is 8.29. The highest BCUT2D eigenvalue weighted by Crippen LogP contribution is 1.94. The van der Waals surface area contributed by atoms with Gasteiger partial charge in [-0.25, -0.2) is 4.79 Å². The van der Waals surface area contributed by atoms with Crippen molar-refractivity contribution in [2.45, 2.75) is 25.4 Å². The van der Waals surface area contributed by atoms with Crippen molar-refractivity contribution < 1.29 is 24.2 Å². The standard InChI is InChI=1S/C10H20N2O5/c1-3-17-10(15)8(11)9(14)12-7(4-5-13)6-16-2/h7-8,13H,3-6,11H2,1-2H3,(H,12,14). The van der Waals surface area contributed by atoms with Gasteiger partial charge in [0.15, 0.2) is 6.04 Å². The van der Waals surface area contributed by atoms with E-state index in [1.54, 1.807) is 6.92 Å². The molecule has 0 aromatic heterocycles. The van der Waals surface area contributed by atoms with Crippen LogP contribution in [0.1, 0.15) is 13.3 Å². The van der Waals surface area contributed by atoms with Crippen LogP contribution in [0.25, 0.3) is 0 Å². The van der Waals surface area contributed by atoms with Gasteiger partial charge in [0, 0.05) is 13.7 Å². The zero-order valence-corrected chi connectivity index (χ0v) is 10.1. The molecular weight excluding hydrogens is 228 g/mol. The summed E-state index contributed by atoms with van der Waals surface area (Å²) in [5, 5.41) is 11.3. The van der Waals surface area contributed by atoms with Crippen molar-refractivity contribution in [1.82, 2.24) is 5.32 Å². The van der Waals surface area contributed by atoms with Crippen molar-refractivity contribution in [3.63, 3.8) is 0 Å². The van der Waals surface area contributed by atoms with E-state index in [9.17, 15) is 9.59 Å². The van der Waals surface area contributed by atoms with Gasteiger partial charge >= 0.3 is 5.97 Å². The van der Waals surface area contributed by atoms with Crippen molar-refractivity contribution in [2.24, 2.45) is 5.73 Å². The molecule has 0 aliphatic heterocycles. The monoisotopic (exact) mass is 248 g/mol. The average Bonchev–Trinajstić information content (AvgIpc) is 2.29. The summed E-state index contributed by atoms with van der Waals surface area (Å²) in [5.74, 6) is -1.41. The summed E-state index contributed by atoms with van der Waals surface area (Å²) in [6.07, 6.45) is 0.328. The molecule has 2 unspecified atom stereocenters. The zero-order chi connectivity index (χ0) is 13.3. The first-order chi connectivity index (χ1) is 8.06. The van der Waals surface area contributed by atoms with Crippen molar-refractivity contribution in [2.75, 3.05) is 26.9 Å². The van der Waals surface area contributed by atoms with Crippen LogP contribution in [-0.4, -0.2) is 56.0 Å². The van der Waals surface area contributed by atoms with Gasteiger partial charge in [-0.2, -0.15) is 0 Å². The van der Waals surface area contributed by atoms with Crippen LogP contribution in [0.3, 0.4) is 0 Å². The number of aliphatic hydroxyl groups is 1. The number of esters is 1. The van der Waals surface area contributed by atoms with Crippen LogP contribution in [0.15, 0.2) is 0 Å². The van der Waals surface area contributed by atoms with Gasteiger partial charge in [0.25, 0.3) is 0 Å². The number of hydrogen-bond donors (Lipinski definition) is 3. The Morgan fingerprint density at radius 1 is 1.47 bits per heavy atom. The Morgan fingerprint density at radius 2 is 2.12 bits per heavy atom. The molecule has 4 N–H and O–H groups in total. The predicted molar refractivity (Wildman–Crippen MR) is 60.1 cm³/mol. The highest BCUT2D eigenvalue weighted by atomic mass is 16.5. The second-order valence-electron chi connectivity index (χ2n) is 3.40. The number of aliphatic hydroxyl groups excluding tert-OH is 1. The quantitative estimate of drug-likeness (QED) is 0.352. The fourth-order valence-electron chi connectivity index (χ4n) is 1.18. The minimum Gasteiger partial charge on any atom is -0.464 e. The lowest BCUT2D eigenvalue weighted by Crippen LogP contribution is -2.51. The van der Waals surface area contributed by atoms with Crippen molar-refractivity contribution in [3.05, 3.63) is 0 Å². The van der Waals surface area contributed by atoms with E-state index in [4.69, 9.17) is 15.6 Å². The van der Waals surface area contributed by atoms with E-state index >= 15 is 0 Å². The van der Waals surface area contributed by atoms with Crippen molar-refractivity contribution >= 4 is 11.9 Å². The van der Waals surface area contributed by atoms with Crippen LogP contribution >= 0.6 is 0 Å². The van der Waals surface area contributed by atoms with Gasteiger partial charge in [-0.3, -0.25) is 4.79 Å². The maximum atomic E-state index is 11.5. The maximum absolute atomic E-state index is 11.5. The molecule has 0 rings (SSSR count). The normalized spacial score (nSPS) is 13.9. The lowest BCUT2D eigenvalue weighted by Gasteiger charge is -2.18. The molecule has 2 atom stereocenters. The van der Waals surface area contributed by atoms with Gasteiger partial charge in [0.2, 0.25) is 5.91 Å². The zero-order valence-electron chi connectivity index (χ0n) is 10.1. The lowest BCUT2D eigenvalue weighted by atomic mass is 10.2. The number of hydrogen-bond acceptors (Lipinski definition) is 6. The summed E-state index contributed by atoms with van der Waals surface area (Å²) in [6.45, 7) is 1.94. The Bertz CT molecular complexity index is 241. The van der Waals surface area contributed by atoms with Gasteiger partial charge < -0.3 is 25.6 Å². The number of ether oxygens (including phenoxy) is 2. The lowest BCUT2D eigenvalue weighted by molar-refractivity contribution is -0.148. The Labute approximate surface area is 100 Å². The van der Waals surface area contributed by atoms with Gasteiger partial charge in [0.1, 0.15) is 0 Å². The van der Waals surface area contributed by atoms with Crippen LogP contribution in [0.5, 0.6) is 0 Å². The average molecular weight is 248 g/mol. The molecule has 0 spiro atoms. The van der Waals surface area contributed by atoms with Gasteiger partial charge in [-0.05, 0) is 13.3 Å². The smallest absolute Gasteiger partial charge is 0.332 e. The first-order valence-electron chi connectivity index (χ1n) is 5.39. The molecule has 0 aliphatic rings. The molecule has 7 heteroatoms. The Morgan fingerprint density at radius 3 is 2.59 bits per heavy atom. The number of methoxy groups -OCH3 is 1. The summed E-state index contributed by atoms with van der Waals surface area (Å²) in [5.41, 5.74) is 5.40. The minimum absolute atomic E-state index is 0.0943. The number of rotatable bonds is 8. The SMILES string of the molecule is CCOC(=O)C(N)C(=O)NC(CCO)COC. The molecule has 100 valence electrons. The van der Waals surface area contributed by atoms with E-state index in [2.05, 4.69) is 10.1 Å². The molecule has 0 heterocycles. The van der Waals surface area contributed by atoms with Gasteiger partial charge in [-0.1, -0.05) is 0 Å². The minimum atomic E-state index is -1.35. The molecule has 1 amide bonds. The number of carbonyl (C=O) groups excluding carboxylic acids is 2. The van der Waals surface area contributed by atoms with E-state index in [-0.39, 0.29) is 25.9 Å². The van der Waals surface area contributed by atoms with E-state index in [0.29, 0.717) is 6.42 Å². The molecule has 0 aromatic rings. The highest BCUT2D eigenvalue weighted by molar-refractivity contribution is 6.01. The molecular formula is C10H20N2O5. The molecule has 7 nitrogen and oxygen atoms in total. The summed E-state index contributed by atoms with van der Waals surface area (Å²) < 4.78 is 9.48. The molecule has 0 saturated heterocycles. The first kappa shape index (κ1) is 15.8. The number of nitrogens with two attached hydrogens (primary N) is 1. The second kappa shape index (κ2) is 8.91. The first-order valence-corrected chi connectivity index (χ1v) is 5.39. The van der Waals surface area contributed by atoms with E-state index in [0.717, 1.165) is 0 Å². The second-order valence-corrected chi connectivity index (χ2v) is 3.40. The largest absolute Gasteiger partial charge is 0.464 e. The fraction of sp³-hybridized carbons (Fsp3) is 0.800. The van der Waals surface area contributed by atoms with Crippen LogP contribution in [0.2, 0.25) is 0 Å². The van der Waals surface area contributed by atoms with Gasteiger partial charge in [-0.15, -0.1) is 0 Å². The van der Waals surface area contributed by atoms with Crippen LogP contribution in [-0.2, 0) is 19.1 Å². The molecule has 0 aliphatic carbocycles. The third-order valence-corrected chi connectivity index (χ3v) is 2.01. The number of carbonyl (C=O) groups is 2. The molecule has 0 saturated carbocycles. The number of nitrogens with one attached hydrogen (secondary N) is 1. The molecule has 0 aromatic carbocycles. The highest BCUT2D eigenvalue weighted by Gasteiger charge is 2.25. The Balaban J connectivity index is 4.23. The van der Waals surface area contributed by atoms with Crippen LogP contribution < -0.4 is 11.1 Å². The molecule has 0 bridgehead atoms. The van der Waals surface area contributed by atoms with E-state index < -0.39 is 17.9 Å². The molecule has 17 heavy (non-hydrogen) atoms. The topological polar surface area (TPSA) is 111 Å². The van der Waals surface area contributed by atoms with E-state index in [1.807, 2.05) is 0 Å². The Hall–Kier alpha value is -1.18. The van der Waals surface area contributed by atoms with Crippen LogP contribution in [0, 0.1) is 0 Å². The van der Waals surface area contributed by atoms with Crippen molar-refractivity contribution in [1.29, 1.82) is 0 Å². The van der Waals surface area contributed by atoms with E-state index in [1.165, 1.54) is 7.11 Å². The summed E-state index contributed by atoms with van der Waals surface area (Å²) >= 11 is 0. The predicted octanol–water partition coefficient (Wildman–Crippen LogP) is -1.61. The van der Waals surface area contributed by atoms with Crippen LogP contribution in [0.4, 0.5) is 0 Å². The summed E-state index contributed by atoms with van der Waals surface area (Å²) in [4.78, 5) is 22.7. The maximum Gasteiger partial charge on any atom is 0.332 e. The molecule has 0 radical (unpaired) electrons. The summed E-state index contributed by atoms with van der Waals surface area (Å²) in [7, 11) is 1.47. The third kappa shape index (κ3) is 6.20. The van der Waals surface area contributed by atoms with Crippen molar-refractivity contribution in [3.8, 4) is 0 Å². The number of amides is 1.